The number of rotatable bonds is 10. The summed E-state index contributed by atoms with van der Waals surface area (Å²) in [5.74, 6) is -0.991. The molecule has 19 heteroatoms. The van der Waals surface area contributed by atoms with Gasteiger partial charge in [-0.15, -0.1) is 0 Å². The minimum atomic E-state index is -1.08. The second-order valence-electron chi connectivity index (χ2n) is 22.4. The van der Waals surface area contributed by atoms with Crippen LogP contribution in [0.25, 0.3) is 22.5 Å². The van der Waals surface area contributed by atoms with Crippen molar-refractivity contribution in [3.05, 3.63) is 128 Å². The SMILES string of the molecule is CC(C)(C)OC(=O)N1CCC2(CC1)CCN(c1nc(Br)c(-c3ccccc3)n(CC(=O)OCc3ccccc3)c1=O)C2.CC(C)(C)OC(=O)N1CCC2(CC1)CCN(c1ncc(-c3ccccc3)n(CC(=O)O)c1=O)C2. The van der Waals surface area contributed by atoms with Gasteiger partial charge in [-0.25, -0.2) is 19.6 Å². The molecule has 4 saturated heterocycles. The second kappa shape index (κ2) is 23.1. The number of aromatic nitrogens is 4. The van der Waals surface area contributed by atoms with Crippen molar-refractivity contribution in [2.75, 3.05) is 62.2 Å². The lowest BCUT2D eigenvalue weighted by Gasteiger charge is -2.39. The zero-order valence-electron chi connectivity index (χ0n) is 44.3. The predicted octanol–water partition coefficient (Wildman–Crippen LogP) is 8.87. The summed E-state index contributed by atoms with van der Waals surface area (Å²) in [6.45, 7) is 15.8. The van der Waals surface area contributed by atoms with E-state index in [9.17, 15) is 33.9 Å². The lowest BCUT2D eigenvalue weighted by atomic mass is 9.78. The lowest BCUT2D eigenvalue weighted by molar-refractivity contribution is -0.145. The Morgan fingerprint density at radius 2 is 1.05 bits per heavy atom. The van der Waals surface area contributed by atoms with Crippen LogP contribution in [0.3, 0.4) is 0 Å². The first kappa shape index (κ1) is 55.2. The van der Waals surface area contributed by atoms with Gasteiger partial charge in [0.15, 0.2) is 11.6 Å². The maximum absolute atomic E-state index is 14.0. The summed E-state index contributed by atoms with van der Waals surface area (Å²) in [5.41, 5.74) is 1.59. The van der Waals surface area contributed by atoms with E-state index in [1.807, 2.05) is 142 Å². The topological polar surface area (TPSA) is 199 Å². The third-order valence-corrected chi connectivity index (χ3v) is 15.1. The Bertz CT molecular complexity index is 3000. The van der Waals surface area contributed by atoms with Crippen LogP contribution in [0.5, 0.6) is 0 Å². The number of carbonyl (C=O) groups excluding carboxylic acids is 3. The third-order valence-electron chi connectivity index (χ3n) is 14.5. The number of anilines is 2. The molecule has 2 aromatic heterocycles. The minimum Gasteiger partial charge on any atom is -0.480 e. The first-order valence-electron chi connectivity index (χ1n) is 26.0. The van der Waals surface area contributed by atoms with E-state index >= 15 is 0 Å². The van der Waals surface area contributed by atoms with E-state index in [1.54, 1.807) is 16.0 Å². The van der Waals surface area contributed by atoms with Crippen molar-refractivity contribution in [1.82, 2.24) is 28.9 Å². The molecule has 9 rings (SSSR count). The molecule has 2 spiro atoms. The monoisotopic (exact) mass is 1100 g/mol. The average Bonchev–Trinajstić information content (AvgIpc) is 3.99. The zero-order chi connectivity index (χ0) is 54.4. The Kier molecular flexibility index (Phi) is 16.8. The highest BCUT2D eigenvalue weighted by Gasteiger charge is 2.45. The molecule has 0 saturated carbocycles. The molecular weight excluding hydrogens is 1040 g/mol. The number of amides is 2. The average molecular weight is 1110 g/mol. The number of carboxylic acids is 1. The molecule has 6 heterocycles. The van der Waals surface area contributed by atoms with Crippen LogP contribution in [0.2, 0.25) is 0 Å². The maximum Gasteiger partial charge on any atom is 0.410 e. The maximum atomic E-state index is 14.0. The van der Waals surface area contributed by atoms with Crippen LogP contribution in [0.1, 0.15) is 85.6 Å². The van der Waals surface area contributed by atoms with Crippen molar-refractivity contribution >= 4 is 51.7 Å². The molecule has 404 valence electrons. The predicted molar refractivity (Wildman–Crippen MR) is 292 cm³/mol. The standard InChI is InChI=1S/C32H37BrN4O5.C25H32N4O5/c1-31(2,3)42-30(40)35-17-14-32(15-18-35)16-19-36(22-32)28-29(39)37(20-25(38)41-21-23-10-6-4-7-11-23)26(27(33)34-28)24-12-8-5-9-13-24;1-24(2,3)34-23(33)27-12-9-25(10-13-27)11-14-28(17-25)21-22(32)29(16-20(30)31)19(15-26-21)18-7-5-4-6-8-18/h4-13H,14-22H2,1-3H3;4-8,15H,9-14,16-17H2,1-3H3,(H,30,31). The molecule has 0 bridgehead atoms. The molecule has 4 aliphatic rings. The van der Waals surface area contributed by atoms with Crippen LogP contribution in [-0.4, -0.2) is 122 Å². The number of nitrogens with zero attached hydrogens (tertiary/aromatic N) is 8. The van der Waals surface area contributed by atoms with Gasteiger partial charge in [0.05, 0.1) is 17.6 Å². The Hall–Kier alpha value is -7.02. The third kappa shape index (κ3) is 13.5. The summed E-state index contributed by atoms with van der Waals surface area (Å²) in [6, 6.07) is 28.1. The van der Waals surface area contributed by atoms with Crippen molar-refractivity contribution in [1.29, 1.82) is 0 Å². The van der Waals surface area contributed by atoms with E-state index in [0.29, 0.717) is 74.2 Å². The van der Waals surface area contributed by atoms with Crippen molar-refractivity contribution in [3.63, 3.8) is 0 Å². The highest BCUT2D eigenvalue weighted by atomic mass is 79.9. The number of ether oxygens (including phenoxy) is 3. The molecule has 0 aliphatic carbocycles. The smallest absolute Gasteiger partial charge is 0.410 e. The number of carboxylic acid groups (broad SMARTS) is 1. The summed E-state index contributed by atoms with van der Waals surface area (Å²) in [5, 5.41) is 9.42. The van der Waals surface area contributed by atoms with Gasteiger partial charge in [-0.3, -0.25) is 28.3 Å². The van der Waals surface area contributed by atoms with E-state index in [2.05, 4.69) is 20.9 Å². The van der Waals surface area contributed by atoms with Gasteiger partial charge in [0.2, 0.25) is 0 Å². The zero-order valence-corrected chi connectivity index (χ0v) is 45.9. The fourth-order valence-corrected chi connectivity index (χ4v) is 11.1. The molecule has 1 N–H and O–H groups in total. The van der Waals surface area contributed by atoms with Gasteiger partial charge in [0.1, 0.15) is 35.5 Å². The molecule has 18 nitrogen and oxygen atoms in total. The van der Waals surface area contributed by atoms with Gasteiger partial charge in [0, 0.05) is 57.9 Å². The van der Waals surface area contributed by atoms with Crippen molar-refractivity contribution in [2.24, 2.45) is 10.8 Å². The number of hydrogen-bond donors (Lipinski definition) is 1. The number of esters is 1. The van der Waals surface area contributed by atoms with E-state index in [1.165, 1.54) is 9.13 Å². The van der Waals surface area contributed by atoms with Crippen LogP contribution in [0, 0.1) is 10.8 Å². The number of carbonyl (C=O) groups is 4. The number of piperidine rings is 2. The number of aliphatic carboxylic acids is 1. The number of hydrogen-bond acceptors (Lipinski definition) is 13. The van der Waals surface area contributed by atoms with Crippen LogP contribution in [-0.2, 0) is 43.5 Å². The molecule has 0 radical (unpaired) electrons. The summed E-state index contributed by atoms with van der Waals surface area (Å²) in [7, 11) is 0. The lowest BCUT2D eigenvalue weighted by Crippen LogP contribution is -2.46. The highest BCUT2D eigenvalue weighted by molar-refractivity contribution is 9.10. The molecule has 76 heavy (non-hydrogen) atoms. The van der Waals surface area contributed by atoms with E-state index in [0.717, 1.165) is 55.2 Å². The Labute approximate surface area is 451 Å². The molecular formula is C57H69BrN8O10. The van der Waals surface area contributed by atoms with Gasteiger partial charge < -0.3 is 38.9 Å². The van der Waals surface area contributed by atoms with Gasteiger partial charge >= 0.3 is 24.1 Å². The second-order valence-corrected chi connectivity index (χ2v) is 23.1. The van der Waals surface area contributed by atoms with Gasteiger partial charge in [-0.1, -0.05) is 91.0 Å². The fourth-order valence-electron chi connectivity index (χ4n) is 10.5. The Morgan fingerprint density at radius 3 is 1.54 bits per heavy atom. The largest absolute Gasteiger partial charge is 0.480 e. The van der Waals surface area contributed by atoms with Crippen molar-refractivity contribution in [3.8, 4) is 22.5 Å². The summed E-state index contributed by atoms with van der Waals surface area (Å²) >= 11 is 3.61. The van der Waals surface area contributed by atoms with Gasteiger partial charge in [-0.05, 0) is 118 Å². The van der Waals surface area contributed by atoms with Crippen LogP contribution in [0.4, 0.5) is 21.2 Å². The summed E-state index contributed by atoms with van der Waals surface area (Å²) < 4.78 is 19.8. The fraction of sp³-hybridized carbons (Fsp3) is 0.474. The van der Waals surface area contributed by atoms with E-state index in [4.69, 9.17) is 19.2 Å². The van der Waals surface area contributed by atoms with Gasteiger partial charge in [-0.2, -0.15) is 0 Å². The number of halogens is 1. The number of benzene rings is 3. The molecule has 5 aromatic rings. The molecule has 2 amide bonds. The minimum absolute atomic E-state index is 0.00234. The first-order chi connectivity index (χ1) is 36.1. The van der Waals surface area contributed by atoms with Crippen molar-refractivity contribution < 1.29 is 38.5 Å². The molecule has 4 fully saturated rings. The Morgan fingerprint density at radius 1 is 0.605 bits per heavy atom. The first-order valence-corrected chi connectivity index (χ1v) is 26.8. The summed E-state index contributed by atoms with van der Waals surface area (Å²) in [6.07, 6.45) is 6.12. The van der Waals surface area contributed by atoms with Crippen LogP contribution in [0.15, 0.2) is 111 Å². The van der Waals surface area contributed by atoms with Crippen LogP contribution < -0.4 is 20.9 Å². The summed E-state index contributed by atoms with van der Waals surface area (Å²) in [4.78, 5) is 93.6. The van der Waals surface area contributed by atoms with Crippen molar-refractivity contribution in [2.45, 2.75) is 111 Å². The highest BCUT2D eigenvalue weighted by Crippen LogP contribution is 2.43. The van der Waals surface area contributed by atoms with Gasteiger partial charge in [0.25, 0.3) is 11.1 Å². The number of likely N-dealkylation sites (tertiary alicyclic amines) is 2. The van der Waals surface area contributed by atoms with E-state index < -0.39 is 35.2 Å². The normalized spacial score (nSPS) is 17.0. The van der Waals surface area contributed by atoms with Crippen LogP contribution >= 0.6 is 15.9 Å². The quantitative estimate of drug-likeness (QED) is 0.103. The molecule has 4 aliphatic heterocycles. The Balaban J connectivity index is 0.000000206. The molecule has 0 atom stereocenters. The molecule has 0 unspecified atom stereocenters. The molecule has 3 aromatic carbocycles. The van der Waals surface area contributed by atoms with E-state index in [-0.39, 0.29) is 47.5 Å².